The van der Waals surface area contributed by atoms with Gasteiger partial charge < -0.3 is 9.16 Å². The van der Waals surface area contributed by atoms with E-state index in [-0.39, 0.29) is 22.5 Å². The Kier molecular flexibility index (Phi) is 7.34. The Hall–Kier alpha value is -0.473. The molecule has 1 atom stereocenters. The van der Waals surface area contributed by atoms with Crippen LogP contribution in [-0.2, 0) is 15.6 Å². The van der Waals surface area contributed by atoms with Crippen molar-refractivity contribution in [2.75, 3.05) is 6.61 Å². The maximum Gasteiger partial charge on any atom is 0.341 e. The van der Waals surface area contributed by atoms with Crippen LogP contribution >= 0.6 is 22.6 Å². The number of carbonyl (C=O) groups is 1. The molecule has 0 amide bonds. The fraction of sp³-hybridized carbons (Fsp3) is 0.760. The van der Waals surface area contributed by atoms with Crippen LogP contribution in [0.3, 0.4) is 0 Å². The molecule has 174 valence electrons. The molecule has 2 aliphatic rings. The number of ether oxygens (including phenoxy) is 1. The largest absolute Gasteiger partial charge is 0.462 e. The van der Waals surface area contributed by atoms with Crippen LogP contribution in [0.25, 0.3) is 0 Å². The second kappa shape index (κ2) is 9.05. The summed E-state index contributed by atoms with van der Waals surface area (Å²) in [5, 5.41) is 0.126. The van der Waals surface area contributed by atoms with E-state index in [1.165, 1.54) is 12.8 Å². The van der Waals surface area contributed by atoms with E-state index < -0.39 is 8.32 Å². The molecule has 2 aliphatic carbocycles. The van der Waals surface area contributed by atoms with E-state index in [4.69, 9.17) is 14.1 Å². The lowest BCUT2D eigenvalue weighted by molar-refractivity contribution is 0.0521. The van der Waals surface area contributed by atoms with Crippen molar-refractivity contribution in [3.63, 3.8) is 0 Å². The van der Waals surface area contributed by atoms with Crippen molar-refractivity contribution in [1.29, 1.82) is 0 Å². The topological polar surface area (TPSA) is 48.4 Å². The zero-order valence-electron chi connectivity index (χ0n) is 20.7. The van der Waals surface area contributed by atoms with Gasteiger partial charge in [-0.25, -0.2) is 4.79 Å². The van der Waals surface area contributed by atoms with Gasteiger partial charge in [0.2, 0.25) is 0 Å². The molecule has 4 nitrogen and oxygen atoms in total. The number of hydrogen-bond donors (Lipinski definition) is 0. The van der Waals surface area contributed by atoms with Crippen LogP contribution in [0.5, 0.6) is 0 Å². The number of carbonyl (C=O) groups excluding carboxylic acids is 1. The number of aromatic nitrogens is 1. The Balaban J connectivity index is 2.17. The van der Waals surface area contributed by atoms with Crippen molar-refractivity contribution < 1.29 is 14.0 Å². The van der Waals surface area contributed by atoms with E-state index >= 15 is 0 Å². The molecule has 0 bridgehead atoms. The molecule has 31 heavy (non-hydrogen) atoms. The Morgan fingerprint density at radius 1 is 1.23 bits per heavy atom. The molecule has 0 aromatic carbocycles. The summed E-state index contributed by atoms with van der Waals surface area (Å²) in [4.78, 5) is 18.3. The van der Waals surface area contributed by atoms with Crippen molar-refractivity contribution in [3.05, 3.63) is 26.1 Å². The first kappa shape index (κ1) is 25.2. The second-order valence-electron chi connectivity index (χ2n) is 11.7. The highest BCUT2D eigenvalue weighted by molar-refractivity contribution is 14.1. The van der Waals surface area contributed by atoms with Gasteiger partial charge in [0.05, 0.1) is 24.0 Å². The van der Waals surface area contributed by atoms with Gasteiger partial charge in [0.1, 0.15) is 0 Å². The molecule has 0 radical (unpaired) electrons. The van der Waals surface area contributed by atoms with Gasteiger partial charge in [-0.15, -0.1) is 0 Å². The second-order valence-corrected chi connectivity index (χ2v) is 17.5. The summed E-state index contributed by atoms with van der Waals surface area (Å²) in [5.74, 6) is 0.142. The molecule has 1 unspecified atom stereocenters. The molecule has 0 N–H and O–H groups in total. The van der Waals surface area contributed by atoms with E-state index in [9.17, 15) is 4.79 Å². The summed E-state index contributed by atoms with van der Waals surface area (Å²) in [6, 6.07) is 0. The summed E-state index contributed by atoms with van der Waals surface area (Å²) >= 11 is 2.38. The maximum absolute atomic E-state index is 13.1. The number of fused-ring (bicyclic) bond motifs is 1. The monoisotopic (exact) mass is 557 g/mol. The van der Waals surface area contributed by atoms with Crippen LogP contribution in [0.4, 0.5) is 0 Å². The first-order valence-corrected chi connectivity index (χ1v) is 15.8. The average Bonchev–Trinajstić information content (AvgIpc) is 3.13. The van der Waals surface area contributed by atoms with E-state index in [1.807, 2.05) is 6.92 Å². The number of nitrogens with zero attached hydrogens (tertiary/aromatic N) is 1. The van der Waals surface area contributed by atoms with E-state index in [1.54, 1.807) is 0 Å². The number of hydrogen-bond acceptors (Lipinski definition) is 4. The zero-order chi connectivity index (χ0) is 23.2. The Morgan fingerprint density at radius 2 is 1.84 bits per heavy atom. The van der Waals surface area contributed by atoms with Gasteiger partial charge in [-0.2, -0.15) is 0 Å². The normalized spacial score (nSPS) is 21.8. The predicted octanol–water partition coefficient (Wildman–Crippen LogP) is 7.56. The first-order valence-electron chi connectivity index (χ1n) is 11.8. The first-order chi connectivity index (χ1) is 14.3. The Morgan fingerprint density at radius 3 is 2.39 bits per heavy atom. The van der Waals surface area contributed by atoms with Gasteiger partial charge in [0.15, 0.2) is 8.32 Å². The summed E-state index contributed by atoms with van der Waals surface area (Å²) < 4.78 is 13.5. The lowest BCUT2D eigenvalue weighted by Gasteiger charge is -2.44. The predicted molar refractivity (Wildman–Crippen MR) is 137 cm³/mol. The molecule has 0 spiro atoms. The summed E-state index contributed by atoms with van der Waals surface area (Å²) in [6.45, 7) is 18.4. The van der Waals surface area contributed by atoms with E-state index in [0.29, 0.717) is 18.1 Å². The third kappa shape index (κ3) is 5.21. The van der Waals surface area contributed by atoms with Crippen molar-refractivity contribution in [2.24, 2.45) is 5.41 Å². The lowest BCUT2D eigenvalue weighted by Crippen LogP contribution is -2.44. The van der Waals surface area contributed by atoms with Gasteiger partial charge in [-0.3, -0.25) is 4.98 Å². The van der Waals surface area contributed by atoms with Crippen LogP contribution in [0, 0.1) is 8.99 Å². The molecule has 0 saturated heterocycles. The smallest absolute Gasteiger partial charge is 0.341 e. The van der Waals surface area contributed by atoms with Crippen molar-refractivity contribution in [1.82, 2.24) is 4.98 Å². The molecule has 6 heteroatoms. The molecule has 0 aliphatic heterocycles. The molecule has 1 aromatic heterocycles. The van der Waals surface area contributed by atoms with E-state index in [2.05, 4.69) is 70.3 Å². The minimum Gasteiger partial charge on any atom is -0.462 e. The number of halogens is 1. The van der Waals surface area contributed by atoms with Gasteiger partial charge in [-0.05, 0) is 78.7 Å². The fourth-order valence-electron chi connectivity index (χ4n) is 4.75. The quantitative estimate of drug-likeness (QED) is 0.213. The molecule has 3 rings (SSSR count). The fourth-order valence-corrected chi connectivity index (χ4v) is 7.17. The van der Waals surface area contributed by atoms with E-state index in [0.717, 1.165) is 46.2 Å². The summed E-state index contributed by atoms with van der Waals surface area (Å²) in [7, 11) is -1.99. The molecule has 1 aromatic rings. The molecule has 1 saturated carbocycles. The number of pyridine rings is 1. The van der Waals surface area contributed by atoms with Gasteiger partial charge >= 0.3 is 5.97 Å². The van der Waals surface area contributed by atoms with Crippen LogP contribution in [0.1, 0.15) is 113 Å². The Bertz CT molecular complexity index is 838. The summed E-state index contributed by atoms with van der Waals surface area (Å²) in [5.41, 5.74) is 4.09. The summed E-state index contributed by atoms with van der Waals surface area (Å²) in [6.07, 6.45) is 6.51. The van der Waals surface area contributed by atoms with Crippen molar-refractivity contribution in [2.45, 2.75) is 110 Å². The van der Waals surface area contributed by atoms with Crippen LogP contribution < -0.4 is 0 Å². The number of rotatable bonds is 5. The highest BCUT2D eigenvalue weighted by Gasteiger charge is 2.45. The highest BCUT2D eigenvalue weighted by Crippen LogP contribution is 2.49. The third-order valence-electron chi connectivity index (χ3n) is 7.45. The van der Waals surface area contributed by atoms with Crippen molar-refractivity contribution in [3.8, 4) is 0 Å². The van der Waals surface area contributed by atoms with Crippen LogP contribution in [0.2, 0.25) is 18.1 Å². The van der Waals surface area contributed by atoms with Crippen LogP contribution in [0.15, 0.2) is 0 Å². The molecular formula is C25H40INO3Si. The number of esters is 1. The maximum atomic E-state index is 13.1. The Labute approximate surface area is 203 Å². The average molecular weight is 558 g/mol. The zero-order valence-corrected chi connectivity index (χ0v) is 23.8. The van der Waals surface area contributed by atoms with Crippen LogP contribution in [-0.4, -0.2) is 25.9 Å². The van der Waals surface area contributed by atoms with Crippen molar-refractivity contribution >= 4 is 36.9 Å². The van der Waals surface area contributed by atoms with Gasteiger partial charge in [0.25, 0.3) is 0 Å². The minimum atomic E-state index is -1.99. The highest BCUT2D eigenvalue weighted by atomic mass is 127. The standard InChI is InChI=1S/C25H40INO3Si/c1-9-29-23(28)20-21(26)19-17(27-22(20)16-12-10-11-13-16)14-25(5,6)15-18(19)30-31(7,8)24(2,3)4/h16,18H,9-15H2,1-8H3. The SMILES string of the molecule is CCOC(=O)c1c(C2CCCC2)nc2c(c1I)C(O[Si](C)(C)C(C)(C)C)CC(C)(C)C2. The molecule has 1 fully saturated rings. The third-order valence-corrected chi connectivity index (χ3v) is 13.1. The minimum absolute atomic E-state index is 0.0233. The van der Waals surface area contributed by atoms with Gasteiger partial charge in [0, 0.05) is 20.7 Å². The molecular weight excluding hydrogens is 517 g/mol. The van der Waals surface area contributed by atoms with Gasteiger partial charge in [-0.1, -0.05) is 47.5 Å². The molecule has 1 heterocycles. The lowest BCUT2D eigenvalue weighted by atomic mass is 9.74.